The lowest BCUT2D eigenvalue weighted by Gasteiger charge is -2.47. The van der Waals surface area contributed by atoms with Crippen molar-refractivity contribution in [2.24, 2.45) is 29.6 Å². The van der Waals surface area contributed by atoms with Crippen LogP contribution in [0.5, 0.6) is 0 Å². The van der Waals surface area contributed by atoms with Gasteiger partial charge < -0.3 is 43.5 Å². The number of alkyl halides is 1. The van der Waals surface area contributed by atoms with E-state index in [-0.39, 0.29) is 56.1 Å². The predicted molar refractivity (Wildman–Crippen MR) is 252 cm³/mol. The molecule has 3 aliphatic heterocycles. The molecule has 2 saturated heterocycles. The number of esters is 1. The number of carbonyl (C=O) groups excluding carboxylic acids is 4. The highest BCUT2D eigenvalue weighted by molar-refractivity contribution is 6.39. The number of carbonyl (C=O) groups is 4. The molecule has 2 bridgehead atoms. The number of hydrogen-bond acceptors (Lipinski definition) is 12. The molecule has 15 unspecified atom stereocenters. The number of cyclic esters (lactones) is 1. The minimum atomic E-state index is -2.61. The van der Waals surface area contributed by atoms with Gasteiger partial charge >= 0.3 is 5.97 Å². The molecule has 1 aromatic rings. The maximum atomic E-state index is 16.3. The highest BCUT2D eigenvalue weighted by atomic mass is 19.1. The first kappa shape index (κ1) is 54.3. The zero-order chi connectivity index (χ0) is 49.2. The number of halogens is 1. The molecular weight excluding hydrogens is 862 g/mol. The van der Waals surface area contributed by atoms with Crippen molar-refractivity contribution in [1.82, 2.24) is 4.90 Å². The van der Waals surface area contributed by atoms with Crippen molar-refractivity contribution in [3.63, 3.8) is 0 Å². The van der Waals surface area contributed by atoms with Gasteiger partial charge in [0, 0.05) is 52.0 Å². The second-order valence-electron chi connectivity index (χ2n) is 19.7. The van der Waals surface area contributed by atoms with Crippen LogP contribution in [-0.4, -0.2) is 134 Å². The monoisotopic (exact) mass is 940 g/mol. The van der Waals surface area contributed by atoms with Crippen LogP contribution in [0.4, 0.5) is 4.39 Å². The molecule has 14 heteroatoms. The summed E-state index contributed by atoms with van der Waals surface area (Å²) in [5, 5.41) is 23.9. The van der Waals surface area contributed by atoms with E-state index in [1.807, 2.05) is 38.1 Å². The van der Waals surface area contributed by atoms with Crippen LogP contribution in [0.2, 0.25) is 0 Å². The number of amides is 1. The third kappa shape index (κ3) is 13.2. The molecule has 374 valence electrons. The molecule has 3 fully saturated rings. The quantitative estimate of drug-likeness (QED) is 0.135. The summed E-state index contributed by atoms with van der Waals surface area (Å²) < 4.78 is 52.7. The summed E-state index contributed by atoms with van der Waals surface area (Å²) in [5.74, 6) is -9.04. The first-order valence-corrected chi connectivity index (χ1v) is 24.5. The Morgan fingerprint density at radius 1 is 0.925 bits per heavy atom. The van der Waals surface area contributed by atoms with Gasteiger partial charge in [-0.2, -0.15) is 0 Å². The fourth-order valence-corrected chi connectivity index (χ4v) is 10.6. The van der Waals surface area contributed by atoms with Crippen LogP contribution in [0.1, 0.15) is 117 Å². The van der Waals surface area contributed by atoms with Crippen molar-refractivity contribution in [3.8, 4) is 0 Å². The molecule has 5 rings (SSSR count). The molecule has 3 heterocycles. The number of allylic oxidation sites excluding steroid dienone is 3. The molecule has 67 heavy (non-hydrogen) atoms. The second kappa shape index (κ2) is 24.8. The summed E-state index contributed by atoms with van der Waals surface area (Å²) in [4.78, 5) is 58.3. The fourth-order valence-electron chi connectivity index (χ4n) is 10.6. The van der Waals surface area contributed by atoms with E-state index in [1.165, 1.54) is 19.8 Å². The van der Waals surface area contributed by atoms with E-state index < -0.39 is 89.9 Å². The Balaban J connectivity index is 1.46. The summed E-state index contributed by atoms with van der Waals surface area (Å²) in [5.41, 5.74) is 3.30. The number of nitrogens with zero attached hydrogens (tertiary/aromatic N) is 1. The Labute approximate surface area is 397 Å². The standard InChI is InChI=1S/C53H78FNO12/c1-11-38-26-32(3)47(54)33(4)27-45(63-9)49-46(64-10)28-35(6)53(61,67-49)50(58)51(59)55-23-15-14-20-40(55)52(60)66-48(36(7)41(56)30-42(38)57)34(5)25-37-21-22-43(44(29-37)62-8)65-24-16-19-39-18-13-12-17-31(39)2/h12-13,16-19,25-26,33,35-38,40-41,43-49,56,61H,11,14-15,20-24,27-30H2,1-10H3. The van der Waals surface area contributed by atoms with Crippen LogP contribution in [-0.2, 0) is 47.6 Å². The summed E-state index contributed by atoms with van der Waals surface area (Å²) >= 11 is 0. The lowest BCUT2D eigenvalue weighted by atomic mass is 9.81. The number of ketones is 2. The summed E-state index contributed by atoms with van der Waals surface area (Å²) in [7, 11) is 4.56. The molecule has 0 aromatic heterocycles. The van der Waals surface area contributed by atoms with Gasteiger partial charge in [-0.15, -0.1) is 0 Å². The van der Waals surface area contributed by atoms with Crippen LogP contribution in [0.3, 0.4) is 0 Å². The largest absolute Gasteiger partial charge is 0.456 e. The van der Waals surface area contributed by atoms with E-state index in [0.717, 1.165) is 16.9 Å². The topological polar surface area (TPSA) is 167 Å². The van der Waals surface area contributed by atoms with Crippen LogP contribution >= 0.6 is 0 Å². The molecule has 1 amide bonds. The van der Waals surface area contributed by atoms with Crippen LogP contribution < -0.4 is 0 Å². The molecule has 4 aliphatic rings. The number of aliphatic hydroxyl groups is 2. The van der Waals surface area contributed by atoms with Crippen LogP contribution in [0, 0.1) is 36.5 Å². The van der Waals surface area contributed by atoms with Gasteiger partial charge in [0.05, 0.1) is 37.1 Å². The minimum Gasteiger partial charge on any atom is -0.456 e. The summed E-state index contributed by atoms with van der Waals surface area (Å²) in [6, 6.07) is 6.96. The molecule has 0 radical (unpaired) electrons. The number of ether oxygens (including phenoxy) is 6. The number of benzene rings is 1. The number of fused-ring (bicyclic) bond motifs is 3. The first-order valence-electron chi connectivity index (χ1n) is 24.5. The van der Waals surface area contributed by atoms with Crippen molar-refractivity contribution >= 4 is 29.5 Å². The van der Waals surface area contributed by atoms with Gasteiger partial charge in [-0.3, -0.25) is 14.4 Å². The van der Waals surface area contributed by atoms with Crippen molar-refractivity contribution in [2.45, 2.75) is 173 Å². The number of rotatable bonds is 10. The van der Waals surface area contributed by atoms with E-state index in [1.54, 1.807) is 40.9 Å². The van der Waals surface area contributed by atoms with Gasteiger partial charge in [0.2, 0.25) is 5.79 Å². The second-order valence-corrected chi connectivity index (χ2v) is 19.7. The first-order chi connectivity index (χ1) is 31.9. The molecule has 2 N–H and O–H groups in total. The Bertz CT molecular complexity index is 1940. The Kier molecular flexibility index (Phi) is 20.1. The number of hydrogen-bond donors (Lipinski definition) is 2. The third-order valence-corrected chi connectivity index (χ3v) is 15.0. The molecule has 13 nitrogen and oxygen atoms in total. The van der Waals surface area contributed by atoms with Crippen LogP contribution in [0.25, 0.3) is 6.08 Å². The van der Waals surface area contributed by atoms with Crippen molar-refractivity contribution < 1.29 is 62.2 Å². The lowest BCUT2D eigenvalue weighted by molar-refractivity contribution is -0.302. The molecule has 1 aromatic carbocycles. The molecule has 0 spiro atoms. The lowest BCUT2D eigenvalue weighted by Crippen LogP contribution is -2.64. The van der Waals surface area contributed by atoms with E-state index >= 15 is 4.39 Å². The number of aliphatic hydroxyl groups excluding tert-OH is 1. The average Bonchev–Trinajstić information content (AvgIpc) is 3.32. The van der Waals surface area contributed by atoms with Gasteiger partial charge in [0.25, 0.3) is 11.7 Å². The number of piperidine rings is 1. The Morgan fingerprint density at radius 3 is 2.28 bits per heavy atom. The van der Waals surface area contributed by atoms with Crippen molar-refractivity contribution in [2.75, 3.05) is 34.5 Å². The predicted octanol–water partition coefficient (Wildman–Crippen LogP) is 7.47. The van der Waals surface area contributed by atoms with Crippen molar-refractivity contribution in [3.05, 3.63) is 64.8 Å². The number of methoxy groups -OCH3 is 3. The van der Waals surface area contributed by atoms with Gasteiger partial charge in [0.1, 0.15) is 30.2 Å². The van der Waals surface area contributed by atoms with Crippen molar-refractivity contribution in [1.29, 1.82) is 0 Å². The summed E-state index contributed by atoms with van der Waals surface area (Å²) in [6.45, 7) is 12.8. The Hall–Kier alpha value is -3.63. The van der Waals surface area contributed by atoms with E-state index in [2.05, 4.69) is 25.1 Å². The SMILES string of the molecule is CCC1C=C(C)C(F)C(C)CC(OC)C2OC(O)(C(=O)C(=O)N3CCCCC3C(=O)OC(C(C)=CC3CCC(OCC=Cc4ccccc4C)C(OC)C3)C(C)C(O)CC1=O)C(C)CC2OC. The third-order valence-electron chi connectivity index (χ3n) is 15.0. The van der Waals surface area contributed by atoms with E-state index in [9.17, 15) is 29.4 Å². The van der Waals surface area contributed by atoms with E-state index in [4.69, 9.17) is 28.4 Å². The maximum Gasteiger partial charge on any atom is 0.329 e. The summed E-state index contributed by atoms with van der Waals surface area (Å²) in [6.07, 6.45) is 4.63. The molecule has 1 saturated carbocycles. The molecular formula is C53H78FNO12. The highest BCUT2D eigenvalue weighted by Gasteiger charge is 2.57. The number of aryl methyl sites for hydroxylation is 1. The van der Waals surface area contributed by atoms with Crippen LogP contribution in [0.15, 0.2) is 53.6 Å². The van der Waals surface area contributed by atoms with Gasteiger partial charge in [-0.1, -0.05) is 76.3 Å². The van der Waals surface area contributed by atoms with Gasteiger partial charge in [-0.05, 0) is 113 Å². The average molecular weight is 940 g/mol. The molecule has 1 aliphatic carbocycles. The normalized spacial score (nSPS) is 37.1. The molecule has 15 atom stereocenters. The highest BCUT2D eigenvalue weighted by Crippen LogP contribution is 2.40. The maximum absolute atomic E-state index is 16.3. The van der Waals surface area contributed by atoms with E-state index in [0.29, 0.717) is 49.9 Å². The fraction of sp³-hybridized carbons (Fsp3) is 0.698. The zero-order valence-electron chi connectivity index (χ0n) is 41.5. The zero-order valence-corrected chi connectivity index (χ0v) is 41.5. The minimum absolute atomic E-state index is 0.00130. The Morgan fingerprint density at radius 2 is 1.61 bits per heavy atom. The number of Topliss-reactive ketones (excluding diaryl/α,β-unsaturated/α-hetero) is 2. The van der Waals surface area contributed by atoms with Gasteiger partial charge in [0.15, 0.2) is 0 Å². The van der Waals surface area contributed by atoms with Gasteiger partial charge in [-0.25, -0.2) is 9.18 Å². The smallest absolute Gasteiger partial charge is 0.329 e.